The molecule has 0 unspecified atom stereocenters. The van der Waals surface area contributed by atoms with Crippen LogP contribution in [-0.4, -0.2) is 22.2 Å². The number of amides is 1. The summed E-state index contributed by atoms with van der Waals surface area (Å²) in [5.74, 6) is -0.0737. The first-order chi connectivity index (χ1) is 8.53. The summed E-state index contributed by atoms with van der Waals surface area (Å²) in [5.41, 5.74) is 1.77. The molecule has 0 heterocycles. The van der Waals surface area contributed by atoms with Crippen molar-refractivity contribution < 1.29 is 9.90 Å². The maximum atomic E-state index is 12.0. The summed E-state index contributed by atoms with van der Waals surface area (Å²) in [4.78, 5) is 12.0. The molecular weight excluding hydrogens is 238 g/mol. The Morgan fingerprint density at radius 3 is 2.21 bits per heavy atom. The van der Waals surface area contributed by atoms with Gasteiger partial charge in [-0.15, -0.1) is 0 Å². The van der Waals surface area contributed by atoms with E-state index in [1.54, 1.807) is 13.8 Å². The topological polar surface area (TPSA) is 49.3 Å². The molecule has 0 fully saturated rings. The monoisotopic (exact) mass is 263 g/mol. The molecule has 1 aromatic carbocycles. The number of aryl methyl sites for hydroxylation is 2. The van der Waals surface area contributed by atoms with E-state index in [-0.39, 0.29) is 5.91 Å². The molecule has 0 bridgehead atoms. The summed E-state index contributed by atoms with van der Waals surface area (Å²) in [6, 6.07) is 6.03. The molecular formula is C16H25NO2. The molecule has 2 N–H and O–H groups in total. The molecule has 0 saturated carbocycles. The van der Waals surface area contributed by atoms with Gasteiger partial charge in [0.1, 0.15) is 0 Å². The van der Waals surface area contributed by atoms with Gasteiger partial charge in [-0.1, -0.05) is 18.2 Å². The van der Waals surface area contributed by atoms with Crippen molar-refractivity contribution in [3.63, 3.8) is 0 Å². The second-order valence-electron chi connectivity index (χ2n) is 6.33. The number of rotatable bonds is 4. The molecule has 0 aliphatic rings. The molecule has 3 nitrogen and oxygen atoms in total. The number of benzene rings is 1. The van der Waals surface area contributed by atoms with Gasteiger partial charge in [-0.05, 0) is 58.2 Å². The summed E-state index contributed by atoms with van der Waals surface area (Å²) in [5, 5.41) is 12.9. The lowest BCUT2D eigenvalue weighted by Gasteiger charge is -2.38. The molecule has 1 rings (SSSR count). The maximum Gasteiger partial charge on any atom is 0.224 e. The Hall–Kier alpha value is -1.35. The largest absolute Gasteiger partial charge is 0.388 e. The molecule has 1 aromatic rings. The van der Waals surface area contributed by atoms with Crippen molar-refractivity contribution in [1.82, 2.24) is 5.32 Å². The fourth-order valence-corrected chi connectivity index (χ4v) is 1.64. The number of carbonyl (C=O) groups excluding carboxylic acids is 1. The summed E-state index contributed by atoms with van der Waals surface area (Å²) in [6.07, 6.45) is 0.334. The summed E-state index contributed by atoms with van der Waals surface area (Å²) < 4.78 is 0. The molecule has 0 atom stereocenters. The van der Waals surface area contributed by atoms with Gasteiger partial charge in [0.25, 0.3) is 0 Å². The lowest BCUT2D eigenvalue weighted by molar-refractivity contribution is -0.125. The minimum Gasteiger partial charge on any atom is -0.388 e. The van der Waals surface area contributed by atoms with E-state index in [1.807, 2.05) is 39.0 Å². The first-order valence-corrected chi connectivity index (χ1v) is 6.62. The van der Waals surface area contributed by atoms with Crippen molar-refractivity contribution in [2.45, 2.75) is 59.1 Å². The fourth-order valence-electron chi connectivity index (χ4n) is 1.64. The Balaban J connectivity index is 2.73. The van der Waals surface area contributed by atoms with Crippen LogP contribution in [0.5, 0.6) is 0 Å². The molecule has 3 heteroatoms. The maximum absolute atomic E-state index is 12.0. The van der Waals surface area contributed by atoms with Crippen molar-refractivity contribution in [3.8, 4) is 0 Å². The van der Waals surface area contributed by atoms with Crippen LogP contribution < -0.4 is 5.32 Å². The second-order valence-corrected chi connectivity index (χ2v) is 6.33. The Labute approximate surface area is 116 Å². The Bertz CT molecular complexity index is 470. The van der Waals surface area contributed by atoms with E-state index in [1.165, 1.54) is 11.1 Å². The third-order valence-corrected chi connectivity index (χ3v) is 3.92. The Morgan fingerprint density at radius 2 is 1.74 bits per heavy atom. The smallest absolute Gasteiger partial charge is 0.224 e. The standard InChI is InChI=1S/C16H25NO2/c1-11-7-8-13(9-12(11)2)10-14(18)17-15(3,4)16(5,6)19/h7-9,19H,10H2,1-6H3,(H,17,18). The van der Waals surface area contributed by atoms with Gasteiger partial charge in [-0.2, -0.15) is 0 Å². The minimum atomic E-state index is -0.966. The zero-order valence-corrected chi connectivity index (χ0v) is 12.8. The molecule has 0 aromatic heterocycles. The van der Waals surface area contributed by atoms with Gasteiger partial charge in [-0.3, -0.25) is 4.79 Å². The van der Waals surface area contributed by atoms with Crippen LogP contribution in [0.15, 0.2) is 18.2 Å². The molecule has 1 amide bonds. The van der Waals surface area contributed by atoms with Crippen molar-refractivity contribution >= 4 is 5.91 Å². The van der Waals surface area contributed by atoms with Crippen LogP contribution in [0.1, 0.15) is 44.4 Å². The zero-order chi connectivity index (χ0) is 14.8. The van der Waals surface area contributed by atoms with Crippen LogP contribution in [0.3, 0.4) is 0 Å². The molecule has 0 aliphatic carbocycles. The van der Waals surface area contributed by atoms with Crippen LogP contribution in [0, 0.1) is 13.8 Å². The normalized spacial score (nSPS) is 12.4. The van der Waals surface area contributed by atoms with E-state index in [0.29, 0.717) is 6.42 Å². The van der Waals surface area contributed by atoms with Gasteiger partial charge >= 0.3 is 0 Å². The SMILES string of the molecule is Cc1ccc(CC(=O)NC(C)(C)C(C)(C)O)cc1C. The lowest BCUT2D eigenvalue weighted by Crippen LogP contribution is -2.58. The van der Waals surface area contributed by atoms with E-state index in [0.717, 1.165) is 5.56 Å². The summed E-state index contributed by atoms with van der Waals surface area (Å²) >= 11 is 0. The lowest BCUT2D eigenvalue weighted by atomic mass is 9.86. The molecule has 0 saturated heterocycles. The Kier molecular flexibility index (Phi) is 4.41. The summed E-state index contributed by atoms with van der Waals surface area (Å²) in [6.45, 7) is 11.1. The van der Waals surface area contributed by atoms with Crippen molar-refractivity contribution in [2.24, 2.45) is 0 Å². The second kappa shape index (κ2) is 5.33. The van der Waals surface area contributed by atoms with Crippen LogP contribution >= 0.6 is 0 Å². The van der Waals surface area contributed by atoms with E-state index in [4.69, 9.17) is 0 Å². The fraction of sp³-hybridized carbons (Fsp3) is 0.562. The van der Waals surface area contributed by atoms with Crippen LogP contribution in [0.25, 0.3) is 0 Å². The van der Waals surface area contributed by atoms with E-state index in [2.05, 4.69) is 12.2 Å². The first kappa shape index (κ1) is 15.7. The van der Waals surface area contributed by atoms with E-state index < -0.39 is 11.1 Å². The van der Waals surface area contributed by atoms with Crippen molar-refractivity contribution in [3.05, 3.63) is 34.9 Å². The zero-order valence-electron chi connectivity index (χ0n) is 12.8. The van der Waals surface area contributed by atoms with Gasteiger partial charge in [0.05, 0.1) is 17.6 Å². The number of carbonyl (C=O) groups is 1. The van der Waals surface area contributed by atoms with Crippen LogP contribution in [0.2, 0.25) is 0 Å². The molecule has 0 aliphatic heterocycles. The first-order valence-electron chi connectivity index (χ1n) is 6.62. The molecule has 19 heavy (non-hydrogen) atoms. The third-order valence-electron chi connectivity index (χ3n) is 3.92. The van der Waals surface area contributed by atoms with Crippen LogP contribution in [0.4, 0.5) is 0 Å². The minimum absolute atomic E-state index is 0.0737. The highest BCUT2D eigenvalue weighted by Gasteiger charge is 2.36. The third kappa shape index (κ3) is 4.06. The number of aliphatic hydroxyl groups is 1. The van der Waals surface area contributed by atoms with E-state index >= 15 is 0 Å². The highest BCUT2D eigenvalue weighted by molar-refractivity contribution is 5.79. The number of hydrogen-bond acceptors (Lipinski definition) is 2. The molecule has 106 valence electrons. The predicted molar refractivity (Wildman–Crippen MR) is 78.1 cm³/mol. The number of hydrogen-bond donors (Lipinski definition) is 2. The average molecular weight is 263 g/mol. The number of nitrogens with one attached hydrogen (secondary N) is 1. The van der Waals surface area contributed by atoms with E-state index in [9.17, 15) is 9.90 Å². The highest BCUT2D eigenvalue weighted by atomic mass is 16.3. The van der Waals surface area contributed by atoms with Crippen molar-refractivity contribution in [2.75, 3.05) is 0 Å². The van der Waals surface area contributed by atoms with Gasteiger partial charge in [0.15, 0.2) is 0 Å². The Morgan fingerprint density at radius 1 is 1.16 bits per heavy atom. The molecule has 0 spiro atoms. The predicted octanol–water partition coefficient (Wildman–Crippen LogP) is 2.51. The average Bonchev–Trinajstić information content (AvgIpc) is 2.21. The van der Waals surface area contributed by atoms with Gasteiger partial charge < -0.3 is 10.4 Å². The quantitative estimate of drug-likeness (QED) is 0.877. The van der Waals surface area contributed by atoms with Crippen LogP contribution in [-0.2, 0) is 11.2 Å². The highest BCUT2D eigenvalue weighted by Crippen LogP contribution is 2.20. The van der Waals surface area contributed by atoms with Crippen molar-refractivity contribution in [1.29, 1.82) is 0 Å². The van der Waals surface area contributed by atoms with Gasteiger partial charge in [0, 0.05) is 0 Å². The van der Waals surface area contributed by atoms with Gasteiger partial charge in [0.2, 0.25) is 5.91 Å². The van der Waals surface area contributed by atoms with Gasteiger partial charge in [-0.25, -0.2) is 0 Å². The molecule has 0 radical (unpaired) electrons. The summed E-state index contributed by atoms with van der Waals surface area (Å²) in [7, 11) is 0.